The summed E-state index contributed by atoms with van der Waals surface area (Å²) < 4.78 is 71.2. The van der Waals surface area contributed by atoms with Gasteiger partial charge < -0.3 is 80.6 Å². The molecule has 5 aromatic rings. The topological polar surface area (TPSA) is 468 Å². The normalized spacial score (nSPS) is 26.5. The number of nitrogens with two attached hydrogens (primary N) is 3. The molecule has 4 fully saturated rings. The van der Waals surface area contributed by atoms with Crippen molar-refractivity contribution in [1.82, 2.24) is 59.5 Å². The first-order chi connectivity index (χ1) is 43.7. The molecule has 13 atom stereocenters. The van der Waals surface area contributed by atoms with Crippen LogP contribution in [-0.2, 0) is 96.0 Å². The van der Waals surface area contributed by atoms with E-state index >= 15 is 4.39 Å². The number of ether oxygens (including phenoxy) is 5. The Hall–Kier alpha value is -7.61. The van der Waals surface area contributed by atoms with Crippen LogP contribution in [0.25, 0.3) is 22.3 Å². The summed E-state index contributed by atoms with van der Waals surface area (Å²) in [6.07, 6.45) is -10.5. The highest BCUT2D eigenvalue weighted by Crippen LogP contribution is 2.55. The minimum Gasteiger partial charge on any atom is -0.445 e. The fraction of sp³-hybridized carbons (Fsp3) is 0.538. The van der Waals surface area contributed by atoms with Crippen molar-refractivity contribution in [2.45, 2.75) is 115 Å². The van der Waals surface area contributed by atoms with Gasteiger partial charge in [0.2, 0.25) is 23.6 Å². The molecule has 92 heavy (non-hydrogen) atoms. The Morgan fingerprint density at radius 2 is 1.46 bits per heavy atom. The average Bonchev–Trinajstić information content (AvgIpc) is 1.62. The van der Waals surface area contributed by atoms with Crippen molar-refractivity contribution in [3.05, 3.63) is 55.1 Å². The highest BCUT2D eigenvalue weighted by atomic mass is 32.5. The van der Waals surface area contributed by atoms with E-state index in [1.54, 1.807) is 45.0 Å². The number of halogens is 1. The van der Waals surface area contributed by atoms with Crippen LogP contribution in [0.1, 0.15) is 70.9 Å². The van der Waals surface area contributed by atoms with Crippen molar-refractivity contribution in [3.63, 3.8) is 0 Å². The molecule has 35 nitrogen and oxygen atoms in total. The van der Waals surface area contributed by atoms with Gasteiger partial charge in [0.1, 0.15) is 61.3 Å². The van der Waals surface area contributed by atoms with Crippen LogP contribution in [0.3, 0.4) is 0 Å². The molecule has 0 bridgehead atoms. The number of carbonyl (C=O) groups excluding carboxylic acids is 8. The summed E-state index contributed by atoms with van der Waals surface area (Å²) in [6.45, 7) is -6.32. The number of hydrogen-bond acceptors (Lipinski definition) is 27. The number of hydrogen-bond donors (Lipinski definition) is 8. The lowest BCUT2D eigenvalue weighted by Crippen LogP contribution is -2.46. The minimum absolute atomic E-state index is 0.00618. The van der Waals surface area contributed by atoms with Crippen LogP contribution in [0, 0.1) is 17.8 Å². The van der Waals surface area contributed by atoms with E-state index in [0.717, 1.165) is 22.5 Å². The number of carbonyl (C=O) groups is 8. The Morgan fingerprint density at radius 1 is 0.859 bits per heavy atom. The molecule has 4 aromatic heterocycles. The maximum Gasteiger partial charge on any atom is 0.508 e. The van der Waals surface area contributed by atoms with Gasteiger partial charge in [0.15, 0.2) is 53.4 Å². The monoisotopic (exact) mass is 1360 g/mol. The Morgan fingerprint density at radius 3 is 2.05 bits per heavy atom. The number of imide groups is 1. The predicted molar refractivity (Wildman–Crippen MR) is 323 cm³/mol. The van der Waals surface area contributed by atoms with Crippen LogP contribution < -0.4 is 33.2 Å². The average molecular weight is 1370 g/mol. The molecule has 0 aliphatic carbocycles. The molecule has 9 rings (SSSR count). The van der Waals surface area contributed by atoms with Crippen molar-refractivity contribution in [3.8, 4) is 0 Å². The number of amides is 7. The molecular weight excluding hydrogens is 1300 g/mol. The quantitative estimate of drug-likeness (QED) is 0.0212. The largest absolute Gasteiger partial charge is 0.508 e. The number of nitrogens with one attached hydrogen (secondary N) is 3. The minimum atomic E-state index is -4.51. The van der Waals surface area contributed by atoms with Gasteiger partial charge in [-0.3, -0.25) is 47.1 Å². The number of aromatic nitrogens is 8. The van der Waals surface area contributed by atoms with E-state index in [1.165, 1.54) is 28.8 Å². The Kier molecular flexibility index (Phi) is 22.1. The van der Waals surface area contributed by atoms with Gasteiger partial charge in [-0.1, -0.05) is 32.9 Å². The number of alkyl halides is 1. The number of likely N-dealkylation sites (N-methyl/N-ethyl adjacent to an activating group) is 1. The van der Waals surface area contributed by atoms with Gasteiger partial charge in [0.25, 0.3) is 0 Å². The van der Waals surface area contributed by atoms with E-state index in [4.69, 9.17) is 82.6 Å². The molecule has 4 aliphatic rings. The first kappa shape index (κ1) is 68.7. The molecule has 4 saturated heterocycles. The predicted octanol–water partition coefficient (Wildman–Crippen LogP) is 1.89. The third-order valence-electron chi connectivity index (χ3n) is 15.2. The fourth-order valence-corrected chi connectivity index (χ4v) is 13.3. The summed E-state index contributed by atoms with van der Waals surface area (Å²) in [5, 5.41) is 7.94. The molecular formula is C52H67FN16O19P2S2. The first-order valence-corrected chi connectivity index (χ1v) is 33.8. The van der Waals surface area contributed by atoms with E-state index in [9.17, 15) is 48.1 Å². The molecule has 4 unspecified atom stereocenters. The van der Waals surface area contributed by atoms with Crippen LogP contribution in [0.15, 0.2) is 49.6 Å². The zero-order chi connectivity index (χ0) is 66.3. The molecule has 8 heterocycles. The summed E-state index contributed by atoms with van der Waals surface area (Å²) in [6, 6.07) is 4.46. The number of rotatable bonds is 22. The number of fused-ring (bicyclic) bond motifs is 4. The molecule has 0 spiro atoms. The number of anilines is 3. The number of likely N-dealkylation sites (tertiary alicyclic amines) is 1. The smallest absolute Gasteiger partial charge is 0.445 e. The number of benzene rings is 1. The maximum atomic E-state index is 16.5. The number of urea groups is 1. The lowest BCUT2D eigenvalue weighted by atomic mass is 9.89. The number of imidazole rings is 2. The standard InChI is InChI=1S/C52H67FN16O19P2S2/c1-25(2)36(65-33(71)11-13-67-34(72)16-26(3)47(67)74)30(70)17-28(6-5-12-57-50(56)75)46(73)64-29-9-7-27(8-10-29)18-81-51(76)66(4)14-15-80-52(77)86-41-40-32(85-49(41)69-24-63-38-43(55)59-22-61-45(38)69)20-83-89(78,91)87-39-31(19-82-90(79,92)88-40)84-48(35(39)53)68-23-62-37-42(54)58-21-60-44(37)68/h7-10,21-26,28,31-32,35-36,39-41,48-49H,5-6,11-20H2,1-4H3,(H,64,73)(H,65,71)(H,78,91)(H,79,92)(H2,54,58,60)(H2,55,59,61)(H3,56,57,75)/t26?,28-,31-,32-,35-,36+,39-,40?,41-,48-,49-,89?,90?/m1/s1. The summed E-state index contributed by atoms with van der Waals surface area (Å²) in [5.74, 6) is -4.10. The van der Waals surface area contributed by atoms with Gasteiger partial charge in [0, 0.05) is 56.9 Å². The van der Waals surface area contributed by atoms with Gasteiger partial charge in [0.05, 0.1) is 38.5 Å². The van der Waals surface area contributed by atoms with Crippen LogP contribution in [0.4, 0.5) is 36.1 Å². The molecule has 0 radical (unpaired) electrons. The zero-order valence-corrected chi connectivity index (χ0v) is 53.1. The highest BCUT2D eigenvalue weighted by molar-refractivity contribution is 8.07. The van der Waals surface area contributed by atoms with Crippen LogP contribution in [-0.4, -0.2) is 196 Å². The SMILES string of the molecule is CC1CC(=O)N(CCC(=O)N[C@H](C(=O)C[C@@H](CCCNC(N)=O)C(=O)Nc2ccc(COC(=O)N(C)CCOC(=O)O[C@@H]3C4OP(O)(=S)OC[C@H]5O[C@@H](n6cnc7c(N)ncnc76)[C@H](F)[C@@H]5OP(O)(=S)OC[C@H]4O[C@H]3n3cnc4c(N)ncnc43)cc2)C(C)C)C1=O. The van der Waals surface area contributed by atoms with E-state index in [1.807, 2.05) is 0 Å². The van der Waals surface area contributed by atoms with E-state index in [-0.39, 0.29) is 104 Å². The van der Waals surface area contributed by atoms with E-state index in [0.29, 0.717) is 11.3 Å². The highest BCUT2D eigenvalue weighted by Gasteiger charge is 2.55. The lowest BCUT2D eigenvalue weighted by Gasteiger charge is -2.30. The second kappa shape index (κ2) is 29.6. The van der Waals surface area contributed by atoms with Gasteiger partial charge in [-0.25, -0.2) is 48.7 Å². The Bertz CT molecular complexity index is 3690. The van der Waals surface area contributed by atoms with Gasteiger partial charge >= 0.3 is 31.7 Å². The maximum absolute atomic E-state index is 16.5. The second-order valence-corrected chi connectivity index (χ2v) is 27.7. The molecule has 498 valence electrons. The van der Waals surface area contributed by atoms with Gasteiger partial charge in [-0.15, -0.1) is 0 Å². The number of nitrogen functional groups attached to an aromatic ring is 2. The molecule has 0 saturated carbocycles. The Balaban J connectivity index is 0.795. The first-order valence-electron chi connectivity index (χ1n) is 28.6. The summed E-state index contributed by atoms with van der Waals surface area (Å²) in [7, 11) is 1.36. The second-order valence-electron chi connectivity index (χ2n) is 22.1. The van der Waals surface area contributed by atoms with Crippen LogP contribution >= 0.6 is 13.4 Å². The molecule has 1 aromatic carbocycles. The number of nitrogens with zero attached hydrogens (tertiary/aromatic N) is 10. The number of primary amides is 1. The summed E-state index contributed by atoms with van der Waals surface area (Å²) in [4.78, 5) is 153. The van der Waals surface area contributed by atoms with Crippen molar-refractivity contribution in [1.29, 1.82) is 0 Å². The van der Waals surface area contributed by atoms with Crippen LogP contribution in [0.2, 0.25) is 0 Å². The van der Waals surface area contributed by atoms with Gasteiger partial charge in [-0.05, 0) is 60.1 Å². The number of Topliss-reactive ketones (excluding diaryl/α,β-unsaturated/α-hetero) is 1. The molecule has 40 heteroatoms. The third kappa shape index (κ3) is 16.6. The summed E-state index contributed by atoms with van der Waals surface area (Å²) >= 11 is 10.8. The fourth-order valence-electron chi connectivity index (χ4n) is 10.4. The van der Waals surface area contributed by atoms with Crippen LogP contribution in [0.5, 0.6) is 0 Å². The molecule has 4 aliphatic heterocycles. The lowest BCUT2D eigenvalue weighted by molar-refractivity contribution is -0.140. The van der Waals surface area contributed by atoms with E-state index in [2.05, 4.69) is 45.9 Å². The third-order valence-corrected chi connectivity index (χ3v) is 18.3. The van der Waals surface area contributed by atoms with Crippen molar-refractivity contribution < 1.29 is 94.3 Å². The Labute approximate surface area is 532 Å². The van der Waals surface area contributed by atoms with E-state index < -0.39 is 142 Å². The van der Waals surface area contributed by atoms with Gasteiger partial charge in [-0.2, -0.15) is 0 Å². The molecule has 7 amide bonds. The zero-order valence-electron chi connectivity index (χ0n) is 49.7. The molecule has 11 N–H and O–H groups in total. The van der Waals surface area contributed by atoms with Crippen molar-refractivity contribution in [2.75, 3.05) is 63.3 Å². The number of ketones is 1. The summed E-state index contributed by atoms with van der Waals surface area (Å²) in [5.41, 5.74) is 18.5. The van der Waals surface area contributed by atoms with Crippen molar-refractivity contribution >= 4 is 124 Å². The van der Waals surface area contributed by atoms with Crippen molar-refractivity contribution in [2.24, 2.45) is 23.5 Å².